The number of nitrogens with one attached hydrogen (secondary N) is 1. The maximum atomic E-state index is 11.9. The predicted molar refractivity (Wildman–Crippen MR) is 59.5 cm³/mol. The minimum Gasteiger partial charge on any atom is -0.391 e. The fourth-order valence-corrected chi connectivity index (χ4v) is 1.91. The van der Waals surface area contributed by atoms with Gasteiger partial charge in [-0.25, -0.2) is 0 Å². The van der Waals surface area contributed by atoms with E-state index in [1.807, 2.05) is 13.8 Å². The van der Waals surface area contributed by atoms with Gasteiger partial charge < -0.3 is 15.3 Å². The zero-order valence-corrected chi connectivity index (χ0v) is 9.70. The molecule has 1 rings (SSSR count). The number of carbonyl (C=O) groups excluding carboxylic acids is 1. The molecule has 4 heteroatoms. The standard InChI is InChI=1S/C11H22N2O2/c1-3-12-7-9(2)11(15)13-6-4-5-10(14)8-13/h9-10,12,14H,3-8H2,1-2H3/t9?,10-/m0/s1. The third-order valence-electron chi connectivity index (χ3n) is 2.83. The van der Waals surface area contributed by atoms with Crippen LogP contribution in [0.25, 0.3) is 0 Å². The second-order valence-corrected chi connectivity index (χ2v) is 4.29. The fourth-order valence-electron chi connectivity index (χ4n) is 1.91. The lowest BCUT2D eigenvalue weighted by atomic mass is 10.1. The molecule has 88 valence electrons. The number of nitrogens with zero attached hydrogens (tertiary/aromatic N) is 1. The van der Waals surface area contributed by atoms with Gasteiger partial charge in [-0.3, -0.25) is 4.79 Å². The van der Waals surface area contributed by atoms with Crippen molar-refractivity contribution in [2.24, 2.45) is 5.92 Å². The number of rotatable bonds is 4. The molecule has 1 aliphatic heterocycles. The lowest BCUT2D eigenvalue weighted by Gasteiger charge is -2.32. The average molecular weight is 214 g/mol. The molecule has 1 amide bonds. The van der Waals surface area contributed by atoms with E-state index in [1.54, 1.807) is 4.90 Å². The van der Waals surface area contributed by atoms with Crippen LogP contribution >= 0.6 is 0 Å². The van der Waals surface area contributed by atoms with Crippen molar-refractivity contribution in [1.29, 1.82) is 0 Å². The Bertz CT molecular complexity index is 209. The summed E-state index contributed by atoms with van der Waals surface area (Å²) in [6.45, 7) is 6.89. The van der Waals surface area contributed by atoms with Crippen LogP contribution in [0, 0.1) is 5.92 Å². The molecular weight excluding hydrogens is 192 g/mol. The van der Waals surface area contributed by atoms with E-state index in [1.165, 1.54) is 0 Å². The molecule has 0 saturated carbocycles. The van der Waals surface area contributed by atoms with Gasteiger partial charge in [0, 0.05) is 25.6 Å². The van der Waals surface area contributed by atoms with Crippen molar-refractivity contribution in [2.45, 2.75) is 32.8 Å². The predicted octanol–water partition coefficient (Wildman–Crippen LogP) is 0.215. The molecule has 0 aromatic carbocycles. The maximum Gasteiger partial charge on any atom is 0.226 e. The highest BCUT2D eigenvalue weighted by Crippen LogP contribution is 2.12. The highest BCUT2D eigenvalue weighted by molar-refractivity contribution is 5.78. The molecule has 0 aromatic heterocycles. The van der Waals surface area contributed by atoms with Gasteiger partial charge in [0.05, 0.1) is 6.10 Å². The second-order valence-electron chi connectivity index (χ2n) is 4.29. The van der Waals surface area contributed by atoms with Crippen LogP contribution in [-0.4, -0.2) is 48.2 Å². The van der Waals surface area contributed by atoms with Crippen LogP contribution in [-0.2, 0) is 4.79 Å². The minimum atomic E-state index is -0.325. The third kappa shape index (κ3) is 3.80. The second kappa shape index (κ2) is 6.08. The van der Waals surface area contributed by atoms with Crippen LogP contribution in [0.3, 0.4) is 0 Å². The van der Waals surface area contributed by atoms with Crippen molar-refractivity contribution in [3.63, 3.8) is 0 Å². The van der Waals surface area contributed by atoms with Crippen LogP contribution in [0.15, 0.2) is 0 Å². The van der Waals surface area contributed by atoms with Gasteiger partial charge in [0.1, 0.15) is 0 Å². The molecule has 2 atom stereocenters. The summed E-state index contributed by atoms with van der Waals surface area (Å²) in [4.78, 5) is 13.7. The molecule has 2 N–H and O–H groups in total. The van der Waals surface area contributed by atoms with Gasteiger partial charge in [-0.1, -0.05) is 13.8 Å². The number of carbonyl (C=O) groups is 1. The third-order valence-corrected chi connectivity index (χ3v) is 2.83. The van der Waals surface area contributed by atoms with E-state index in [0.717, 1.165) is 32.5 Å². The van der Waals surface area contributed by atoms with E-state index < -0.39 is 0 Å². The smallest absolute Gasteiger partial charge is 0.226 e. The van der Waals surface area contributed by atoms with Crippen LogP contribution in [0.1, 0.15) is 26.7 Å². The number of amides is 1. The number of hydrogen-bond donors (Lipinski definition) is 2. The van der Waals surface area contributed by atoms with Crippen LogP contribution in [0.2, 0.25) is 0 Å². The largest absolute Gasteiger partial charge is 0.391 e. The lowest BCUT2D eigenvalue weighted by molar-refractivity contribution is -0.137. The number of aliphatic hydroxyl groups is 1. The number of likely N-dealkylation sites (tertiary alicyclic amines) is 1. The van der Waals surface area contributed by atoms with Crippen molar-refractivity contribution in [3.05, 3.63) is 0 Å². The first-order valence-corrected chi connectivity index (χ1v) is 5.82. The summed E-state index contributed by atoms with van der Waals surface area (Å²) in [6.07, 6.45) is 1.42. The zero-order chi connectivity index (χ0) is 11.3. The van der Waals surface area contributed by atoms with Gasteiger partial charge in [0.2, 0.25) is 5.91 Å². The van der Waals surface area contributed by atoms with Crippen molar-refractivity contribution in [1.82, 2.24) is 10.2 Å². The Morgan fingerprint density at radius 3 is 3.00 bits per heavy atom. The van der Waals surface area contributed by atoms with Gasteiger partial charge in [-0.2, -0.15) is 0 Å². The number of aliphatic hydroxyl groups excluding tert-OH is 1. The Hall–Kier alpha value is -0.610. The highest BCUT2D eigenvalue weighted by atomic mass is 16.3. The summed E-state index contributed by atoms with van der Waals surface area (Å²) < 4.78 is 0. The van der Waals surface area contributed by atoms with Crippen molar-refractivity contribution >= 4 is 5.91 Å². The van der Waals surface area contributed by atoms with Gasteiger partial charge in [0.25, 0.3) is 0 Å². The highest BCUT2D eigenvalue weighted by Gasteiger charge is 2.25. The number of hydrogen-bond acceptors (Lipinski definition) is 3. The molecule has 0 bridgehead atoms. The first kappa shape index (κ1) is 12.5. The summed E-state index contributed by atoms with van der Waals surface area (Å²) in [7, 11) is 0. The molecule has 0 radical (unpaired) electrons. The molecule has 1 heterocycles. The minimum absolute atomic E-state index is 0.00949. The van der Waals surface area contributed by atoms with E-state index >= 15 is 0 Å². The molecular formula is C11H22N2O2. The summed E-state index contributed by atoms with van der Waals surface area (Å²) in [5.74, 6) is 0.171. The fraction of sp³-hybridized carbons (Fsp3) is 0.909. The lowest BCUT2D eigenvalue weighted by Crippen LogP contribution is -2.46. The monoisotopic (exact) mass is 214 g/mol. The van der Waals surface area contributed by atoms with Crippen LogP contribution in [0.4, 0.5) is 0 Å². The Kier molecular flexibility index (Phi) is 5.05. The topological polar surface area (TPSA) is 52.6 Å². The summed E-state index contributed by atoms with van der Waals surface area (Å²) in [5.41, 5.74) is 0. The molecule has 1 aliphatic rings. The number of β-amino-alcohol motifs (C(OH)–C–C–N with tert-alkyl or cyclic N) is 1. The molecule has 4 nitrogen and oxygen atoms in total. The molecule has 0 spiro atoms. The molecule has 0 aromatic rings. The van der Waals surface area contributed by atoms with Gasteiger partial charge in [-0.15, -0.1) is 0 Å². The molecule has 1 unspecified atom stereocenters. The van der Waals surface area contributed by atoms with Gasteiger partial charge in [0.15, 0.2) is 0 Å². The van der Waals surface area contributed by atoms with Crippen molar-refractivity contribution in [2.75, 3.05) is 26.2 Å². The number of piperidine rings is 1. The Morgan fingerprint density at radius 1 is 1.67 bits per heavy atom. The SMILES string of the molecule is CCNCC(C)C(=O)N1CCC[C@H](O)C1. The van der Waals surface area contributed by atoms with Crippen LogP contribution < -0.4 is 5.32 Å². The quantitative estimate of drug-likeness (QED) is 0.703. The Balaban J connectivity index is 2.37. The zero-order valence-electron chi connectivity index (χ0n) is 9.70. The van der Waals surface area contributed by atoms with E-state index in [9.17, 15) is 9.90 Å². The Morgan fingerprint density at radius 2 is 2.40 bits per heavy atom. The van der Waals surface area contributed by atoms with E-state index in [2.05, 4.69) is 5.32 Å². The molecule has 1 fully saturated rings. The first-order valence-electron chi connectivity index (χ1n) is 5.82. The van der Waals surface area contributed by atoms with Gasteiger partial charge >= 0.3 is 0 Å². The van der Waals surface area contributed by atoms with Gasteiger partial charge in [-0.05, 0) is 19.4 Å². The first-order chi connectivity index (χ1) is 7.15. The maximum absolute atomic E-state index is 11.9. The van der Waals surface area contributed by atoms with E-state index in [-0.39, 0.29) is 17.9 Å². The van der Waals surface area contributed by atoms with Crippen LogP contribution in [0.5, 0.6) is 0 Å². The van der Waals surface area contributed by atoms with Crippen molar-refractivity contribution in [3.8, 4) is 0 Å². The average Bonchev–Trinajstić information content (AvgIpc) is 2.24. The van der Waals surface area contributed by atoms with Crippen molar-refractivity contribution < 1.29 is 9.90 Å². The van der Waals surface area contributed by atoms with E-state index in [0.29, 0.717) is 6.54 Å². The summed E-state index contributed by atoms with van der Waals surface area (Å²) >= 11 is 0. The molecule has 15 heavy (non-hydrogen) atoms. The molecule has 0 aliphatic carbocycles. The normalized spacial score (nSPS) is 23.9. The van der Waals surface area contributed by atoms with E-state index in [4.69, 9.17) is 0 Å². The molecule has 1 saturated heterocycles. The summed E-state index contributed by atoms with van der Waals surface area (Å²) in [6, 6.07) is 0. The Labute approximate surface area is 91.6 Å². The summed E-state index contributed by atoms with van der Waals surface area (Å²) in [5, 5.41) is 12.6.